The molecular formula is C19H19Cl2FN2OS. The molecule has 2 aromatic carbocycles. The molecule has 26 heavy (non-hydrogen) atoms. The van der Waals surface area contributed by atoms with Crippen LogP contribution >= 0.6 is 35.0 Å². The molecule has 138 valence electrons. The smallest absolute Gasteiger partial charge is 0.232 e. The third kappa shape index (κ3) is 5.06. The van der Waals surface area contributed by atoms with Gasteiger partial charge in [-0.05, 0) is 35.9 Å². The predicted molar refractivity (Wildman–Crippen MR) is 108 cm³/mol. The molecule has 1 aliphatic rings. The Morgan fingerprint density at radius 3 is 2.46 bits per heavy atom. The Kier molecular flexibility index (Phi) is 6.68. The van der Waals surface area contributed by atoms with E-state index in [9.17, 15) is 9.18 Å². The summed E-state index contributed by atoms with van der Waals surface area (Å²) in [5, 5.41) is 1.09. The zero-order valence-corrected chi connectivity index (χ0v) is 16.5. The lowest BCUT2D eigenvalue weighted by Gasteiger charge is -2.36. The number of rotatable bonds is 5. The van der Waals surface area contributed by atoms with Crippen molar-refractivity contribution >= 4 is 46.6 Å². The van der Waals surface area contributed by atoms with E-state index in [0.717, 1.165) is 18.8 Å². The van der Waals surface area contributed by atoms with Gasteiger partial charge in [0.1, 0.15) is 5.82 Å². The van der Waals surface area contributed by atoms with Crippen LogP contribution in [0.3, 0.4) is 0 Å². The van der Waals surface area contributed by atoms with Crippen LogP contribution in [-0.2, 0) is 10.5 Å². The number of halogens is 3. The molecular weight excluding hydrogens is 394 g/mol. The normalized spacial score (nSPS) is 14.6. The van der Waals surface area contributed by atoms with Crippen molar-refractivity contribution < 1.29 is 9.18 Å². The third-order valence-electron chi connectivity index (χ3n) is 4.30. The molecule has 1 heterocycles. The highest BCUT2D eigenvalue weighted by Crippen LogP contribution is 2.22. The molecule has 1 aliphatic heterocycles. The number of carbonyl (C=O) groups is 1. The Morgan fingerprint density at radius 2 is 1.77 bits per heavy atom. The molecule has 1 fully saturated rings. The molecule has 0 saturated carbocycles. The highest BCUT2D eigenvalue weighted by atomic mass is 35.5. The van der Waals surface area contributed by atoms with Gasteiger partial charge >= 0.3 is 0 Å². The molecule has 7 heteroatoms. The second-order valence-electron chi connectivity index (χ2n) is 6.08. The van der Waals surface area contributed by atoms with E-state index in [0.29, 0.717) is 40.2 Å². The predicted octanol–water partition coefficient (Wildman–Crippen LogP) is 4.71. The van der Waals surface area contributed by atoms with Crippen molar-refractivity contribution in [3.8, 4) is 0 Å². The Bertz CT molecular complexity index is 782. The van der Waals surface area contributed by atoms with Crippen LogP contribution < -0.4 is 4.90 Å². The third-order valence-corrected chi connectivity index (χ3v) is 5.74. The SMILES string of the molecule is O=C(CSCc1ccc(Cl)cc1F)N1CCN(c2cccc(Cl)c2)CC1. The van der Waals surface area contributed by atoms with Crippen LogP contribution in [0.5, 0.6) is 0 Å². The first kappa shape index (κ1) is 19.3. The lowest BCUT2D eigenvalue weighted by molar-refractivity contribution is -0.128. The number of piperazine rings is 1. The lowest BCUT2D eigenvalue weighted by atomic mass is 10.2. The van der Waals surface area contributed by atoms with Crippen molar-refractivity contribution in [2.75, 3.05) is 36.8 Å². The summed E-state index contributed by atoms with van der Waals surface area (Å²) < 4.78 is 13.8. The minimum Gasteiger partial charge on any atom is -0.368 e. The molecule has 0 bridgehead atoms. The van der Waals surface area contributed by atoms with Crippen molar-refractivity contribution in [2.45, 2.75) is 5.75 Å². The molecule has 0 aliphatic carbocycles. The van der Waals surface area contributed by atoms with Crippen LogP contribution in [0, 0.1) is 5.82 Å². The minimum absolute atomic E-state index is 0.0927. The summed E-state index contributed by atoms with van der Waals surface area (Å²) in [5.41, 5.74) is 1.65. The van der Waals surface area contributed by atoms with Gasteiger partial charge in [0, 0.05) is 47.7 Å². The van der Waals surface area contributed by atoms with Gasteiger partial charge < -0.3 is 9.80 Å². The summed E-state index contributed by atoms with van der Waals surface area (Å²) in [5.74, 6) is 0.568. The Morgan fingerprint density at radius 1 is 1.04 bits per heavy atom. The first-order valence-corrected chi connectivity index (χ1v) is 10.2. The van der Waals surface area contributed by atoms with Crippen molar-refractivity contribution in [1.29, 1.82) is 0 Å². The average molecular weight is 413 g/mol. The number of hydrogen-bond acceptors (Lipinski definition) is 3. The number of nitrogens with zero attached hydrogens (tertiary/aromatic N) is 2. The van der Waals surface area contributed by atoms with Crippen LogP contribution in [-0.4, -0.2) is 42.7 Å². The molecule has 0 radical (unpaired) electrons. The Balaban J connectivity index is 1.45. The molecule has 0 unspecified atom stereocenters. The van der Waals surface area contributed by atoms with E-state index < -0.39 is 0 Å². The fraction of sp³-hybridized carbons (Fsp3) is 0.316. The fourth-order valence-electron chi connectivity index (χ4n) is 2.87. The van der Waals surface area contributed by atoms with Gasteiger partial charge in [-0.1, -0.05) is 35.3 Å². The Hall–Kier alpha value is -1.43. The van der Waals surface area contributed by atoms with E-state index in [2.05, 4.69) is 4.90 Å². The van der Waals surface area contributed by atoms with E-state index in [1.807, 2.05) is 29.2 Å². The second kappa shape index (κ2) is 8.98. The molecule has 3 nitrogen and oxygen atoms in total. The zero-order valence-electron chi connectivity index (χ0n) is 14.1. The minimum atomic E-state index is -0.326. The fourth-order valence-corrected chi connectivity index (χ4v) is 4.12. The van der Waals surface area contributed by atoms with Crippen LogP contribution in [0.4, 0.5) is 10.1 Å². The van der Waals surface area contributed by atoms with Gasteiger partial charge in [0.2, 0.25) is 5.91 Å². The van der Waals surface area contributed by atoms with Gasteiger partial charge in [0.05, 0.1) is 5.75 Å². The van der Waals surface area contributed by atoms with Crippen molar-refractivity contribution in [1.82, 2.24) is 4.90 Å². The summed E-state index contributed by atoms with van der Waals surface area (Å²) in [6, 6.07) is 12.4. The topological polar surface area (TPSA) is 23.6 Å². The summed E-state index contributed by atoms with van der Waals surface area (Å²) in [6.07, 6.45) is 0. The molecule has 2 aromatic rings. The van der Waals surface area contributed by atoms with E-state index >= 15 is 0 Å². The van der Waals surface area contributed by atoms with Gasteiger partial charge in [-0.2, -0.15) is 0 Å². The maximum absolute atomic E-state index is 13.8. The van der Waals surface area contributed by atoms with Gasteiger partial charge in [-0.15, -0.1) is 11.8 Å². The molecule has 0 aromatic heterocycles. The average Bonchev–Trinajstić information content (AvgIpc) is 2.63. The van der Waals surface area contributed by atoms with Gasteiger partial charge in [-0.25, -0.2) is 4.39 Å². The number of thioether (sulfide) groups is 1. The highest BCUT2D eigenvalue weighted by Gasteiger charge is 2.21. The molecule has 0 spiro atoms. The van der Waals surface area contributed by atoms with Crippen molar-refractivity contribution in [3.63, 3.8) is 0 Å². The number of carbonyl (C=O) groups excluding carboxylic acids is 1. The summed E-state index contributed by atoms with van der Waals surface area (Å²) in [6.45, 7) is 2.92. The summed E-state index contributed by atoms with van der Waals surface area (Å²) in [7, 11) is 0. The first-order valence-electron chi connectivity index (χ1n) is 8.33. The van der Waals surface area contributed by atoms with Crippen LogP contribution in [0.25, 0.3) is 0 Å². The van der Waals surface area contributed by atoms with Gasteiger partial charge in [0.15, 0.2) is 0 Å². The maximum Gasteiger partial charge on any atom is 0.232 e. The number of benzene rings is 2. The van der Waals surface area contributed by atoms with E-state index in [1.54, 1.807) is 12.1 Å². The van der Waals surface area contributed by atoms with Crippen LogP contribution in [0.15, 0.2) is 42.5 Å². The van der Waals surface area contributed by atoms with Crippen molar-refractivity contribution in [3.05, 3.63) is 63.9 Å². The maximum atomic E-state index is 13.8. The zero-order chi connectivity index (χ0) is 18.5. The molecule has 0 N–H and O–H groups in total. The second-order valence-corrected chi connectivity index (χ2v) is 7.93. The first-order chi connectivity index (χ1) is 12.5. The monoisotopic (exact) mass is 412 g/mol. The van der Waals surface area contributed by atoms with Gasteiger partial charge in [0.25, 0.3) is 0 Å². The van der Waals surface area contributed by atoms with Crippen LogP contribution in [0.1, 0.15) is 5.56 Å². The quantitative estimate of drug-likeness (QED) is 0.709. The lowest BCUT2D eigenvalue weighted by Crippen LogP contribution is -2.49. The molecule has 1 amide bonds. The van der Waals surface area contributed by atoms with Crippen molar-refractivity contribution in [2.24, 2.45) is 0 Å². The summed E-state index contributed by atoms with van der Waals surface area (Å²) in [4.78, 5) is 16.5. The van der Waals surface area contributed by atoms with E-state index in [1.165, 1.54) is 17.8 Å². The highest BCUT2D eigenvalue weighted by molar-refractivity contribution is 7.99. The van der Waals surface area contributed by atoms with Crippen LogP contribution in [0.2, 0.25) is 10.0 Å². The van der Waals surface area contributed by atoms with E-state index in [-0.39, 0.29) is 11.7 Å². The molecule has 3 rings (SSSR count). The number of hydrogen-bond donors (Lipinski definition) is 0. The molecule has 0 atom stereocenters. The standard InChI is InChI=1S/C19H19Cl2FN2OS/c20-15-2-1-3-17(10-15)23-6-8-24(9-7-23)19(25)13-26-12-14-4-5-16(21)11-18(14)22/h1-5,10-11H,6-9,12-13H2. The van der Waals surface area contributed by atoms with E-state index in [4.69, 9.17) is 23.2 Å². The van der Waals surface area contributed by atoms with Gasteiger partial charge in [-0.3, -0.25) is 4.79 Å². The molecule has 1 saturated heterocycles. The number of amides is 1. The summed E-state index contributed by atoms with van der Waals surface area (Å²) >= 11 is 13.2. The number of anilines is 1. The Labute approximate surface area is 167 Å². The largest absolute Gasteiger partial charge is 0.368 e.